The van der Waals surface area contributed by atoms with Gasteiger partial charge in [0.25, 0.3) is 0 Å². The van der Waals surface area contributed by atoms with Gasteiger partial charge in [-0.1, -0.05) is 43.5 Å². The fourth-order valence-electron chi connectivity index (χ4n) is 4.00. The van der Waals surface area contributed by atoms with Crippen molar-refractivity contribution >= 4 is 11.6 Å². The number of rotatable bonds is 5. The molecule has 1 aromatic rings. The van der Waals surface area contributed by atoms with Crippen molar-refractivity contribution in [1.29, 1.82) is 0 Å². The van der Waals surface area contributed by atoms with Crippen LogP contribution in [0.3, 0.4) is 0 Å². The van der Waals surface area contributed by atoms with E-state index in [1.165, 1.54) is 37.7 Å². The minimum absolute atomic E-state index is 0.419. The molecule has 20 heavy (non-hydrogen) atoms. The molecule has 0 heterocycles. The number of benzene rings is 1. The van der Waals surface area contributed by atoms with Crippen molar-refractivity contribution in [2.75, 3.05) is 6.54 Å². The molecule has 1 spiro atoms. The van der Waals surface area contributed by atoms with E-state index in [-0.39, 0.29) is 0 Å². The van der Waals surface area contributed by atoms with Crippen LogP contribution >= 0.6 is 11.6 Å². The molecular weight excluding hydrogens is 270 g/mol. The van der Waals surface area contributed by atoms with Crippen molar-refractivity contribution in [3.8, 4) is 0 Å². The highest BCUT2D eigenvalue weighted by atomic mass is 35.5. The molecule has 2 saturated carbocycles. The van der Waals surface area contributed by atoms with E-state index >= 15 is 0 Å². The molecule has 3 rings (SSSR count). The van der Waals surface area contributed by atoms with Crippen LogP contribution in [-0.4, -0.2) is 18.7 Å². The zero-order valence-corrected chi connectivity index (χ0v) is 13.0. The number of ether oxygens (including phenoxy) is 1. The monoisotopic (exact) mass is 293 g/mol. The molecule has 2 aliphatic rings. The Balaban J connectivity index is 1.59. The summed E-state index contributed by atoms with van der Waals surface area (Å²) in [4.78, 5) is 0. The average Bonchev–Trinajstić information content (AvgIpc) is 2.96. The molecule has 0 aromatic heterocycles. The first kappa shape index (κ1) is 14.4. The van der Waals surface area contributed by atoms with Gasteiger partial charge in [-0.3, -0.25) is 0 Å². The van der Waals surface area contributed by atoms with Crippen molar-refractivity contribution in [1.82, 2.24) is 5.32 Å². The second-order valence-electron chi connectivity index (χ2n) is 6.21. The van der Waals surface area contributed by atoms with Crippen molar-refractivity contribution in [2.45, 2.75) is 57.8 Å². The lowest BCUT2D eigenvalue weighted by Gasteiger charge is -2.54. The summed E-state index contributed by atoms with van der Waals surface area (Å²) >= 11 is 5.92. The van der Waals surface area contributed by atoms with Gasteiger partial charge in [0.15, 0.2) is 0 Å². The summed E-state index contributed by atoms with van der Waals surface area (Å²) < 4.78 is 6.24. The number of hydrogen-bond acceptors (Lipinski definition) is 2. The van der Waals surface area contributed by atoms with Crippen LogP contribution in [0.25, 0.3) is 0 Å². The SMILES string of the molecule is CCNC1CC(OCc2ccc(Cl)cc2)C12CCCC2. The first-order valence-electron chi connectivity index (χ1n) is 7.84. The van der Waals surface area contributed by atoms with Gasteiger partial charge in [0.05, 0.1) is 12.7 Å². The van der Waals surface area contributed by atoms with Crippen molar-refractivity contribution in [2.24, 2.45) is 5.41 Å². The molecule has 2 atom stereocenters. The van der Waals surface area contributed by atoms with Gasteiger partial charge in [-0.15, -0.1) is 0 Å². The summed E-state index contributed by atoms with van der Waals surface area (Å²) in [5.41, 5.74) is 1.64. The van der Waals surface area contributed by atoms with Crippen molar-refractivity contribution < 1.29 is 4.74 Å². The first-order valence-corrected chi connectivity index (χ1v) is 8.22. The van der Waals surface area contributed by atoms with Gasteiger partial charge in [0, 0.05) is 16.5 Å². The lowest BCUT2D eigenvalue weighted by atomic mass is 9.60. The fraction of sp³-hybridized carbons (Fsp3) is 0.647. The first-order chi connectivity index (χ1) is 9.74. The lowest BCUT2D eigenvalue weighted by molar-refractivity contribution is -0.139. The highest BCUT2D eigenvalue weighted by Crippen LogP contribution is 2.54. The van der Waals surface area contributed by atoms with Gasteiger partial charge in [-0.25, -0.2) is 0 Å². The van der Waals surface area contributed by atoms with Crippen LogP contribution in [0, 0.1) is 5.41 Å². The van der Waals surface area contributed by atoms with Crippen LogP contribution in [0.1, 0.15) is 44.6 Å². The Bertz CT molecular complexity index is 439. The molecule has 110 valence electrons. The van der Waals surface area contributed by atoms with Gasteiger partial charge in [0.1, 0.15) is 0 Å². The summed E-state index contributed by atoms with van der Waals surface area (Å²) in [6, 6.07) is 8.67. The fourth-order valence-corrected chi connectivity index (χ4v) is 4.12. The molecule has 2 unspecified atom stereocenters. The summed E-state index contributed by atoms with van der Waals surface area (Å²) in [7, 11) is 0. The van der Waals surface area contributed by atoms with Gasteiger partial charge in [0.2, 0.25) is 0 Å². The molecule has 2 fully saturated rings. The smallest absolute Gasteiger partial charge is 0.0720 e. The Morgan fingerprint density at radius 3 is 2.60 bits per heavy atom. The predicted octanol–water partition coefficient (Wildman–Crippen LogP) is 4.17. The molecule has 0 amide bonds. The molecular formula is C17H24ClNO. The van der Waals surface area contributed by atoms with Crippen LogP contribution in [-0.2, 0) is 11.3 Å². The summed E-state index contributed by atoms with van der Waals surface area (Å²) in [5.74, 6) is 0. The highest BCUT2D eigenvalue weighted by Gasteiger charge is 2.56. The third kappa shape index (κ3) is 2.61. The quantitative estimate of drug-likeness (QED) is 0.880. The number of nitrogens with one attached hydrogen (secondary N) is 1. The largest absolute Gasteiger partial charge is 0.373 e. The molecule has 0 aliphatic heterocycles. The Morgan fingerprint density at radius 2 is 1.95 bits per heavy atom. The van der Waals surface area contributed by atoms with E-state index in [0.29, 0.717) is 24.2 Å². The second-order valence-corrected chi connectivity index (χ2v) is 6.65. The second kappa shape index (κ2) is 6.05. The number of halogens is 1. The van der Waals surface area contributed by atoms with E-state index in [9.17, 15) is 0 Å². The zero-order chi connectivity index (χ0) is 14.0. The van der Waals surface area contributed by atoms with Gasteiger partial charge < -0.3 is 10.1 Å². The minimum Gasteiger partial charge on any atom is -0.373 e. The van der Waals surface area contributed by atoms with Gasteiger partial charge in [-0.2, -0.15) is 0 Å². The van der Waals surface area contributed by atoms with E-state index < -0.39 is 0 Å². The predicted molar refractivity (Wildman–Crippen MR) is 83.0 cm³/mol. The standard InChI is InChI=1S/C17H24ClNO/c1-2-19-15-11-16(17(15)9-3-4-10-17)20-12-13-5-7-14(18)8-6-13/h5-8,15-16,19H,2-4,9-12H2,1H3. The van der Waals surface area contributed by atoms with E-state index in [4.69, 9.17) is 16.3 Å². The van der Waals surface area contributed by atoms with E-state index in [0.717, 1.165) is 11.6 Å². The van der Waals surface area contributed by atoms with Crippen LogP contribution in [0.4, 0.5) is 0 Å². The molecule has 3 heteroatoms. The topological polar surface area (TPSA) is 21.3 Å². The van der Waals surface area contributed by atoms with Crippen LogP contribution in [0.5, 0.6) is 0 Å². The Kier molecular flexibility index (Phi) is 4.34. The van der Waals surface area contributed by atoms with E-state index in [2.05, 4.69) is 24.4 Å². The molecule has 0 radical (unpaired) electrons. The summed E-state index contributed by atoms with van der Waals surface area (Å²) in [6.07, 6.45) is 6.99. The third-order valence-electron chi connectivity index (χ3n) is 5.13. The van der Waals surface area contributed by atoms with Crippen molar-refractivity contribution in [3.05, 3.63) is 34.9 Å². The summed E-state index contributed by atoms with van der Waals surface area (Å²) in [6.45, 7) is 3.98. The summed E-state index contributed by atoms with van der Waals surface area (Å²) in [5, 5.41) is 4.44. The molecule has 1 aromatic carbocycles. The van der Waals surface area contributed by atoms with Gasteiger partial charge in [-0.05, 0) is 43.5 Å². The molecule has 0 saturated heterocycles. The maximum Gasteiger partial charge on any atom is 0.0720 e. The van der Waals surface area contributed by atoms with Crippen molar-refractivity contribution in [3.63, 3.8) is 0 Å². The number of hydrogen-bond donors (Lipinski definition) is 1. The Hall–Kier alpha value is -0.570. The molecule has 2 nitrogen and oxygen atoms in total. The van der Waals surface area contributed by atoms with Crippen LogP contribution in [0.2, 0.25) is 5.02 Å². The normalized spacial score (nSPS) is 27.7. The Morgan fingerprint density at radius 1 is 1.25 bits per heavy atom. The molecule has 2 aliphatic carbocycles. The van der Waals surface area contributed by atoms with Gasteiger partial charge >= 0.3 is 0 Å². The average molecular weight is 294 g/mol. The van der Waals surface area contributed by atoms with E-state index in [1.807, 2.05) is 12.1 Å². The highest BCUT2D eigenvalue weighted by molar-refractivity contribution is 6.30. The third-order valence-corrected chi connectivity index (χ3v) is 5.39. The molecule has 1 N–H and O–H groups in total. The van der Waals surface area contributed by atoms with Crippen LogP contribution in [0.15, 0.2) is 24.3 Å². The molecule has 0 bridgehead atoms. The maximum atomic E-state index is 6.24. The van der Waals surface area contributed by atoms with Crippen LogP contribution < -0.4 is 5.32 Å². The Labute approximate surface area is 126 Å². The van der Waals surface area contributed by atoms with E-state index in [1.54, 1.807) is 0 Å². The minimum atomic E-state index is 0.419. The zero-order valence-electron chi connectivity index (χ0n) is 12.2. The maximum absolute atomic E-state index is 6.24. The lowest BCUT2D eigenvalue weighted by Crippen LogP contribution is -2.62.